The zero-order valence-electron chi connectivity index (χ0n) is 16.7. The Kier molecular flexibility index (Phi) is 4.76. The summed E-state index contributed by atoms with van der Waals surface area (Å²) in [6.07, 6.45) is 9.81. The van der Waals surface area contributed by atoms with E-state index in [0.29, 0.717) is 13.0 Å². The van der Waals surface area contributed by atoms with Crippen molar-refractivity contribution in [3.8, 4) is 0 Å². The van der Waals surface area contributed by atoms with E-state index in [2.05, 4.69) is 0 Å². The molecule has 6 nitrogen and oxygen atoms in total. The number of hydrogen-bond donors (Lipinski definition) is 2. The number of rotatable bonds is 4. The quantitative estimate of drug-likeness (QED) is 0.581. The molecule has 0 radical (unpaired) electrons. The molecule has 2 N–H and O–H groups in total. The lowest BCUT2D eigenvalue weighted by atomic mass is 9.48. The second-order valence-corrected chi connectivity index (χ2v) is 11.7. The van der Waals surface area contributed by atoms with Crippen molar-refractivity contribution in [2.45, 2.75) is 74.1 Å². The van der Waals surface area contributed by atoms with Crippen LogP contribution in [-0.2, 0) is 20.2 Å². The highest BCUT2D eigenvalue weighted by Gasteiger charge is 2.51. The predicted octanol–water partition coefficient (Wildman–Crippen LogP) is 3.20. The Morgan fingerprint density at radius 2 is 1.59 bits per heavy atom. The van der Waals surface area contributed by atoms with E-state index >= 15 is 0 Å². The largest absolute Gasteiger partial charge is 0.289 e. The molecule has 5 fully saturated rings. The van der Waals surface area contributed by atoms with Crippen LogP contribution in [0.2, 0.25) is 0 Å². The highest BCUT2D eigenvalue weighted by atomic mass is 32.2. The van der Waals surface area contributed by atoms with Gasteiger partial charge in [-0.25, -0.2) is 13.9 Å². The molecule has 1 aromatic carbocycles. The first-order valence-corrected chi connectivity index (χ1v) is 12.4. The van der Waals surface area contributed by atoms with Gasteiger partial charge in [0.2, 0.25) is 10.0 Å². The Balaban J connectivity index is 1.42. The number of sulfonamides is 1. The van der Waals surface area contributed by atoms with Crippen LogP contribution >= 0.6 is 0 Å². The van der Waals surface area contributed by atoms with Crippen LogP contribution in [0.3, 0.4) is 0 Å². The first-order valence-electron chi connectivity index (χ1n) is 11.0. The summed E-state index contributed by atoms with van der Waals surface area (Å²) in [7, 11) is -3.78. The van der Waals surface area contributed by atoms with Crippen LogP contribution in [0, 0.1) is 17.8 Å². The van der Waals surface area contributed by atoms with Gasteiger partial charge in [0.25, 0.3) is 5.91 Å². The van der Waals surface area contributed by atoms with Gasteiger partial charge in [0.1, 0.15) is 6.04 Å². The molecule has 158 valence electrons. The van der Waals surface area contributed by atoms with E-state index in [1.54, 1.807) is 17.6 Å². The third-order valence-corrected chi connectivity index (χ3v) is 9.90. The number of hydroxylamine groups is 1. The number of amides is 1. The van der Waals surface area contributed by atoms with Crippen molar-refractivity contribution in [2.24, 2.45) is 17.8 Å². The number of nitrogens with zero attached hydrogens (tertiary/aromatic N) is 1. The van der Waals surface area contributed by atoms with Crippen molar-refractivity contribution < 1.29 is 18.4 Å². The van der Waals surface area contributed by atoms with E-state index in [1.807, 2.05) is 12.1 Å². The summed E-state index contributed by atoms with van der Waals surface area (Å²) in [6, 6.07) is 6.65. The van der Waals surface area contributed by atoms with Crippen molar-refractivity contribution >= 4 is 15.9 Å². The van der Waals surface area contributed by atoms with Crippen LogP contribution in [0.5, 0.6) is 0 Å². The van der Waals surface area contributed by atoms with Gasteiger partial charge >= 0.3 is 0 Å². The highest BCUT2D eigenvalue weighted by Crippen LogP contribution is 2.60. The normalized spacial score (nSPS) is 36.9. The molecular weight excluding hydrogens is 388 g/mol. The zero-order valence-corrected chi connectivity index (χ0v) is 17.5. The summed E-state index contributed by atoms with van der Waals surface area (Å²) in [5.41, 5.74) is 3.15. The van der Waals surface area contributed by atoms with Gasteiger partial charge in [-0.2, -0.15) is 4.31 Å². The van der Waals surface area contributed by atoms with Crippen molar-refractivity contribution in [3.05, 3.63) is 29.8 Å². The molecule has 1 unspecified atom stereocenters. The molecule has 29 heavy (non-hydrogen) atoms. The second kappa shape index (κ2) is 7.06. The average Bonchev–Trinajstić information content (AvgIpc) is 2.72. The summed E-state index contributed by atoms with van der Waals surface area (Å²) >= 11 is 0. The molecule has 4 saturated carbocycles. The molecule has 1 heterocycles. The van der Waals surface area contributed by atoms with E-state index in [0.717, 1.165) is 30.6 Å². The lowest BCUT2D eigenvalue weighted by Crippen LogP contribution is -2.51. The van der Waals surface area contributed by atoms with Crippen LogP contribution in [-0.4, -0.2) is 36.4 Å². The monoisotopic (exact) mass is 418 g/mol. The summed E-state index contributed by atoms with van der Waals surface area (Å²) in [5, 5.41) is 9.01. The molecule has 0 spiro atoms. The minimum atomic E-state index is -3.78. The summed E-state index contributed by atoms with van der Waals surface area (Å²) in [5.74, 6) is 1.88. The number of benzene rings is 1. The van der Waals surface area contributed by atoms with E-state index in [9.17, 15) is 13.2 Å². The van der Waals surface area contributed by atoms with E-state index in [4.69, 9.17) is 5.21 Å². The van der Waals surface area contributed by atoms with Gasteiger partial charge in [0.15, 0.2) is 0 Å². The molecule has 0 aromatic heterocycles. The van der Waals surface area contributed by atoms with Gasteiger partial charge in [0.05, 0.1) is 4.90 Å². The van der Waals surface area contributed by atoms with Crippen molar-refractivity contribution in [3.63, 3.8) is 0 Å². The van der Waals surface area contributed by atoms with Gasteiger partial charge in [-0.15, -0.1) is 0 Å². The topological polar surface area (TPSA) is 86.7 Å². The Labute approximate surface area is 172 Å². The van der Waals surface area contributed by atoms with Crippen LogP contribution in [0.4, 0.5) is 0 Å². The molecule has 1 aromatic rings. The molecule has 6 rings (SSSR count). The zero-order chi connectivity index (χ0) is 20.2. The lowest BCUT2D eigenvalue weighted by Gasteiger charge is -2.57. The van der Waals surface area contributed by atoms with E-state index in [-0.39, 0.29) is 10.3 Å². The maximum Gasteiger partial charge on any atom is 0.261 e. The Morgan fingerprint density at radius 3 is 2.14 bits per heavy atom. The molecule has 4 aliphatic carbocycles. The molecule has 7 heteroatoms. The van der Waals surface area contributed by atoms with Crippen LogP contribution < -0.4 is 5.48 Å². The minimum absolute atomic E-state index is 0.238. The van der Waals surface area contributed by atoms with Gasteiger partial charge < -0.3 is 0 Å². The fourth-order valence-electron chi connectivity index (χ4n) is 7.11. The Bertz CT molecular complexity index is 861. The van der Waals surface area contributed by atoms with Crippen LogP contribution in [0.15, 0.2) is 29.2 Å². The fraction of sp³-hybridized carbons (Fsp3) is 0.682. The standard InChI is InChI=1S/C22H30N2O4S/c25-21(23-26)20-3-1-2-8-24(20)29(27,28)19-6-4-18(5-7-19)22-12-15-9-16(13-22)11-17(10-15)14-22/h4-7,15-17,20,26H,1-3,8-14H2,(H,23,25). The van der Waals surface area contributed by atoms with Crippen LogP contribution in [0.25, 0.3) is 0 Å². The first kappa shape index (κ1) is 19.5. The smallest absolute Gasteiger partial charge is 0.261 e. The van der Waals surface area contributed by atoms with Crippen molar-refractivity contribution in [1.82, 2.24) is 9.79 Å². The van der Waals surface area contributed by atoms with Crippen LogP contribution in [0.1, 0.15) is 63.4 Å². The van der Waals surface area contributed by atoms with Gasteiger partial charge in [-0.1, -0.05) is 18.6 Å². The summed E-state index contributed by atoms with van der Waals surface area (Å²) < 4.78 is 27.7. The Hall–Kier alpha value is -1.44. The molecular formula is C22H30N2O4S. The number of carbonyl (C=O) groups excluding carboxylic acids is 1. The second-order valence-electron chi connectivity index (χ2n) is 9.83. The molecule has 4 bridgehead atoms. The van der Waals surface area contributed by atoms with Gasteiger partial charge in [0, 0.05) is 6.54 Å². The first-order chi connectivity index (χ1) is 13.9. The van der Waals surface area contributed by atoms with E-state index in [1.165, 1.54) is 48.4 Å². The molecule has 1 amide bonds. The molecule has 1 atom stereocenters. The predicted molar refractivity (Wildman–Crippen MR) is 108 cm³/mol. The number of carbonyl (C=O) groups is 1. The number of piperidine rings is 1. The maximum absolute atomic E-state index is 13.2. The lowest BCUT2D eigenvalue weighted by molar-refractivity contribution is -0.134. The highest BCUT2D eigenvalue weighted by molar-refractivity contribution is 7.89. The summed E-state index contributed by atoms with van der Waals surface area (Å²) in [6.45, 7) is 0.303. The fourth-order valence-corrected chi connectivity index (χ4v) is 8.77. The van der Waals surface area contributed by atoms with Gasteiger partial charge in [-0.05, 0) is 92.2 Å². The third kappa shape index (κ3) is 3.22. The third-order valence-electron chi connectivity index (χ3n) is 7.98. The number of hydrogen-bond acceptors (Lipinski definition) is 4. The average molecular weight is 419 g/mol. The molecule has 1 saturated heterocycles. The Morgan fingerprint density at radius 1 is 1.00 bits per heavy atom. The summed E-state index contributed by atoms with van der Waals surface area (Å²) in [4.78, 5) is 12.2. The van der Waals surface area contributed by atoms with E-state index < -0.39 is 22.0 Å². The minimum Gasteiger partial charge on any atom is -0.289 e. The molecule has 5 aliphatic rings. The van der Waals surface area contributed by atoms with Crippen molar-refractivity contribution in [1.29, 1.82) is 0 Å². The molecule has 1 aliphatic heterocycles. The van der Waals surface area contributed by atoms with Gasteiger partial charge in [-0.3, -0.25) is 10.0 Å². The van der Waals surface area contributed by atoms with Crippen molar-refractivity contribution in [2.75, 3.05) is 6.54 Å². The SMILES string of the molecule is O=C(NO)C1CCCCN1S(=O)(=O)c1ccc(C23CC4CC(CC(C4)C2)C3)cc1. The number of nitrogens with one attached hydrogen (secondary N) is 1. The maximum atomic E-state index is 13.2.